The number of nitrogens with zero attached hydrogens (tertiary/aromatic N) is 1. The summed E-state index contributed by atoms with van der Waals surface area (Å²) in [6.45, 7) is 1.92. The fourth-order valence-electron chi connectivity index (χ4n) is 4.31. The Kier molecular flexibility index (Phi) is 2.89. The van der Waals surface area contributed by atoms with Gasteiger partial charge < -0.3 is 31.2 Å². The molecule has 0 radical (unpaired) electrons. The number of carbonyl (C=O) groups is 3. The molecule has 0 spiro atoms. The molecular weight excluding hydrogens is 316 g/mol. The van der Waals surface area contributed by atoms with Crippen molar-refractivity contribution in [2.45, 2.75) is 24.7 Å². The Hall–Kier alpha value is -2.39. The van der Waals surface area contributed by atoms with Crippen LogP contribution in [0.15, 0.2) is 22.5 Å². The number of carbonyl (C=O) groups excluding carboxylic acids is 3. The highest BCUT2D eigenvalue weighted by Gasteiger charge is 2.72. The van der Waals surface area contributed by atoms with Crippen molar-refractivity contribution in [2.75, 3.05) is 20.3 Å². The topological polar surface area (TPSA) is 147 Å². The van der Waals surface area contributed by atoms with Gasteiger partial charge in [-0.3, -0.25) is 9.59 Å². The number of rotatable bonds is 3. The lowest BCUT2D eigenvalue weighted by atomic mass is 9.82. The molecule has 5 N–H and O–H groups in total. The quantitative estimate of drug-likeness (QED) is 0.411. The molecule has 9 heteroatoms. The number of primary amides is 1. The van der Waals surface area contributed by atoms with Crippen LogP contribution in [0.4, 0.5) is 4.79 Å². The smallest absolute Gasteiger partial charge is 0.404 e. The summed E-state index contributed by atoms with van der Waals surface area (Å²) in [6.07, 6.45) is -0.950. The zero-order chi connectivity index (χ0) is 17.4. The van der Waals surface area contributed by atoms with Crippen molar-refractivity contribution >= 4 is 17.7 Å². The predicted octanol–water partition coefficient (Wildman–Crippen LogP) is -1.65. The molecule has 3 aliphatic heterocycles. The molecule has 0 aromatic heterocycles. The van der Waals surface area contributed by atoms with Gasteiger partial charge in [0.2, 0.25) is 11.6 Å². The molecule has 2 saturated heterocycles. The van der Waals surface area contributed by atoms with Gasteiger partial charge in [0, 0.05) is 30.8 Å². The minimum atomic E-state index is -0.957. The van der Waals surface area contributed by atoms with Gasteiger partial charge in [-0.25, -0.2) is 4.79 Å². The number of ketones is 2. The molecule has 24 heavy (non-hydrogen) atoms. The number of amides is 1. The number of hydrogen-bond acceptors (Lipinski definition) is 8. The Morgan fingerprint density at radius 2 is 2.12 bits per heavy atom. The zero-order valence-electron chi connectivity index (χ0n) is 13.3. The Morgan fingerprint density at radius 3 is 2.75 bits per heavy atom. The van der Waals surface area contributed by atoms with Crippen molar-refractivity contribution in [2.24, 2.45) is 17.4 Å². The minimum absolute atomic E-state index is 0.0586. The highest BCUT2D eigenvalue weighted by molar-refractivity contribution is 6.25. The summed E-state index contributed by atoms with van der Waals surface area (Å²) in [4.78, 5) is 38.4. The molecule has 128 valence electrons. The molecule has 4 rings (SSSR count). The fourth-order valence-corrected chi connectivity index (χ4v) is 4.31. The molecule has 1 amide bonds. The van der Waals surface area contributed by atoms with Gasteiger partial charge in [-0.2, -0.15) is 0 Å². The number of hydrogen-bond donors (Lipinski definition) is 3. The van der Waals surface area contributed by atoms with Gasteiger partial charge in [0.1, 0.15) is 6.61 Å². The van der Waals surface area contributed by atoms with Gasteiger partial charge >= 0.3 is 6.09 Å². The maximum Gasteiger partial charge on any atom is 0.404 e. The summed E-state index contributed by atoms with van der Waals surface area (Å²) in [5, 5.41) is 3.28. The summed E-state index contributed by atoms with van der Waals surface area (Å²) in [5.41, 5.74) is 10.7. The molecule has 0 bridgehead atoms. The third-order valence-corrected chi connectivity index (χ3v) is 5.47. The average molecular weight is 334 g/mol. The average Bonchev–Trinajstić information content (AvgIpc) is 3.16. The SMILES string of the molecule is CO[C@]12C3NC3CN1C1=C(C(=O)C(N)=C(C)C1=O)[C@H]2COC(N)=O. The molecule has 1 aliphatic carbocycles. The summed E-state index contributed by atoms with van der Waals surface area (Å²) in [6, 6.07) is 0.109. The van der Waals surface area contributed by atoms with Crippen LogP contribution in [0.5, 0.6) is 0 Å². The van der Waals surface area contributed by atoms with E-state index in [0.29, 0.717) is 12.2 Å². The Morgan fingerprint density at radius 1 is 1.42 bits per heavy atom. The van der Waals surface area contributed by atoms with Crippen LogP contribution in [0.25, 0.3) is 0 Å². The van der Waals surface area contributed by atoms with Crippen molar-refractivity contribution < 1.29 is 23.9 Å². The van der Waals surface area contributed by atoms with Crippen LogP contribution in [-0.2, 0) is 19.1 Å². The maximum atomic E-state index is 12.8. The number of fused-ring (bicyclic) bond motifs is 4. The van der Waals surface area contributed by atoms with Crippen molar-refractivity contribution in [1.82, 2.24) is 10.2 Å². The second-order valence-corrected chi connectivity index (χ2v) is 6.46. The lowest BCUT2D eigenvalue weighted by Crippen LogP contribution is -2.55. The second-order valence-electron chi connectivity index (χ2n) is 6.46. The lowest BCUT2D eigenvalue weighted by molar-refractivity contribution is -0.137. The predicted molar refractivity (Wildman–Crippen MR) is 80.1 cm³/mol. The van der Waals surface area contributed by atoms with E-state index in [0.717, 1.165) is 0 Å². The third kappa shape index (κ3) is 1.58. The molecule has 0 aromatic rings. The monoisotopic (exact) mass is 334 g/mol. The zero-order valence-corrected chi connectivity index (χ0v) is 13.3. The van der Waals surface area contributed by atoms with E-state index < -0.39 is 23.5 Å². The van der Waals surface area contributed by atoms with Gasteiger partial charge in [0.15, 0.2) is 5.72 Å². The maximum absolute atomic E-state index is 12.8. The molecule has 9 nitrogen and oxygen atoms in total. The number of Topliss-reactive ketones (excluding diaryl/α,β-unsaturated/α-hetero) is 2. The van der Waals surface area contributed by atoms with E-state index >= 15 is 0 Å². The summed E-state index contributed by atoms with van der Waals surface area (Å²) in [5.74, 6) is -1.34. The summed E-state index contributed by atoms with van der Waals surface area (Å²) in [7, 11) is 1.52. The molecule has 2 unspecified atom stereocenters. The van der Waals surface area contributed by atoms with E-state index in [1.807, 2.05) is 4.90 Å². The standard InChI is InChI=1S/C15H18N4O5/c1-5-9(16)12(21)8-6(4-24-14(17)22)15(23-2)13-7(18-13)3-19(15)10(8)11(5)20/h6-7,13,18H,3-4,16H2,1-2H3,(H2,17,22)/t6-,7?,13?,15-/m1/s1. The van der Waals surface area contributed by atoms with E-state index in [-0.39, 0.29) is 41.3 Å². The van der Waals surface area contributed by atoms with Crippen molar-refractivity contribution in [3.63, 3.8) is 0 Å². The van der Waals surface area contributed by atoms with E-state index in [1.54, 1.807) is 0 Å². The van der Waals surface area contributed by atoms with Crippen LogP contribution in [0.1, 0.15) is 6.92 Å². The number of piperazine rings is 1. The molecule has 0 aromatic carbocycles. The third-order valence-electron chi connectivity index (χ3n) is 5.47. The van der Waals surface area contributed by atoms with Gasteiger partial charge in [-0.15, -0.1) is 0 Å². The Balaban J connectivity index is 1.85. The summed E-state index contributed by atoms with van der Waals surface area (Å²) >= 11 is 0. The highest BCUT2D eigenvalue weighted by atomic mass is 16.6. The van der Waals surface area contributed by atoms with Crippen LogP contribution in [-0.4, -0.2) is 60.6 Å². The Bertz CT molecular complexity index is 757. The van der Waals surface area contributed by atoms with E-state index in [4.69, 9.17) is 20.9 Å². The van der Waals surface area contributed by atoms with Gasteiger partial charge in [0.05, 0.1) is 23.4 Å². The van der Waals surface area contributed by atoms with Crippen LogP contribution >= 0.6 is 0 Å². The molecule has 0 saturated carbocycles. The number of ether oxygens (including phenoxy) is 2. The highest BCUT2D eigenvalue weighted by Crippen LogP contribution is 2.55. The first-order valence-corrected chi connectivity index (χ1v) is 7.65. The largest absolute Gasteiger partial charge is 0.449 e. The van der Waals surface area contributed by atoms with Crippen molar-refractivity contribution in [3.05, 3.63) is 22.5 Å². The first-order chi connectivity index (χ1) is 11.3. The van der Waals surface area contributed by atoms with E-state index in [2.05, 4.69) is 5.32 Å². The molecule has 4 atom stereocenters. The van der Waals surface area contributed by atoms with Crippen LogP contribution in [0.3, 0.4) is 0 Å². The Labute approximate surface area is 137 Å². The first kappa shape index (κ1) is 15.2. The number of nitrogens with one attached hydrogen (secondary N) is 1. The van der Waals surface area contributed by atoms with Crippen LogP contribution < -0.4 is 16.8 Å². The minimum Gasteiger partial charge on any atom is -0.449 e. The van der Waals surface area contributed by atoms with Crippen LogP contribution in [0.2, 0.25) is 0 Å². The molecule has 3 heterocycles. The second kappa shape index (κ2) is 4.58. The lowest BCUT2D eigenvalue weighted by Gasteiger charge is -2.39. The van der Waals surface area contributed by atoms with Crippen LogP contribution in [0, 0.1) is 5.92 Å². The fraction of sp³-hybridized carbons (Fsp3) is 0.533. The molecule has 4 aliphatic rings. The van der Waals surface area contributed by atoms with Gasteiger partial charge in [-0.1, -0.05) is 0 Å². The number of methoxy groups -OCH3 is 1. The van der Waals surface area contributed by atoms with Crippen molar-refractivity contribution in [1.29, 1.82) is 0 Å². The van der Waals surface area contributed by atoms with E-state index in [9.17, 15) is 14.4 Å². The van der Waals surface area contributed by atoms with Crippen molar-refractivity contribution in [3.8, 4) is 0 Å². The molecular formula is C15H18N4O5. The molecule has 2 fully saturated rings. The van der Waals surface area contributed by atoms with Gasteiger partial charge in [-0.05, 0) is 6.92 Å². The number of nitrogens with two attached hydrogens (primary N) is 2. The van der Waals surface area contributed by atoms with Gasteiger partial charge in [0.25, 0.3) is 0 Å². The number of allylic oxidation sites excluding steroid dienone is 2. The summed E-state index contributed by atoms with van der Waals surface area (Å²) < 4.78 is 10.8. The van der Waals surface area contributed by atoms with E-state index in [1.165, 1.54) is 14.0 Å². The normalized spacial score (nSPS) is 36.8. The first-order valence-electron chi connectivity index (χ1n) is 7.65.